The van der Waals surface area contributed by atoms with Crippen molar-refractivity contribution in [3.8, 4) is 11.5 Å². The number of hydrogen-bond acceptors (Lipinski definition) is 12. The Morgan fingerprint density at radius 2 is 1.57 bits per heavy atom. The first-order chi connectivity index (χ1) is 31.2. The van der Waals surface area contributed by atoms with Gasteiger partial charge in [0.15, 0.2) is 17.7 Å². The summed E-state index contributed by atoms with van der Waals surface area (Å²) in [5.74, 6) is -1.54. The van der Waals surface area contributed by atoms with Gasteiger partial charge in [-0.1, -0.05) is 56.7 Å². The quantitative estimate of drug-likeness (QED) is 0.0942. The molecular formula is C48H59N5O11S. The minimum Gasteiger partial charge on any atom is -0.493 e. The van der Waals surface area contributed by atoms with E-state index in [0.717, 1.165) is 81.3 Å². The molecule has 0 saturated carbocycles. The second kappa shape index (κ2) is 20.6. The van der Waals surface area contributed by atoms with E-state index in [9.17, 15) is 37.2 Å². The van der Waals surface area contributed by atoms with Crippen LogP contribution in [0.15, 0.2) is 54.6 Å². The first kappa shape index (κ1) is 47.2. The molecule has 0 spiro atoms. The zero-order valence-electron chi connectivity index (χ0n) is 37.6. The second-order valence-corrected chi connectivity index (χ2v) is 19.5. The maximum absolute atomic E-state index is 14.3. The number of amides is 6. The minimum atomic E-state index is -3.59. The van der Waals surface area contributed by atoms with Crippen molar-refractivity contribution in [1.29, 1.82) is 0 Å². The summed E-state index contributed by atoms with van der Waals surface area (Å²) in [7, 11) is -0.615. The number of benzene rings is 3. The molecule has 4 aliphatic heterocycles. The molecule has 0 aliphatic carbocycles. The molecule has 17 heteroatoms. The molecule has 3 aromatic carbocycles. The van der Waals surface area contributed by atoms with Crippen molar-refractivity contribution in [3.05, 3.63) is 82.4 Å². The van der Waals surface area contributed by atoms with Crippen LogP contribution in [0.25, 0.3) is 0 Å². The molecule has 6 amide bonds. The van der Waals surface area contributed by atoms with Gasteiger partial charge in [0, 0.05) is 50.5 Å². The average molecular weight is 914 g/mol. The average Bonchev–Trinajstić information content (AvgIpc) is 3.71. The fraction of sp³-hybridized carbons (Fsp3) is 0.500. The molecule has 348 valence electrons. The lowest BCUT2D eigenvalue weighted by atomic mass is 9.90. The molecule has 3 aromatic rings. The highest BCUT2D eigenvalue weighted by Crippen LogP contribution is 2.45. The number of nitrogens with zero attached hydrogens (tertiary/aromatic N) is 3. The molecule has 0 bridgehead atoms. The Kier molecular flexibility index (Phi) is 14.9. The first-order valence-electron chi connectivity index (χ1n) is 22.6. The number of carbonyl (C=O) groups is 6. The van der Waals surface area contributed by atoms with Gasteiger partial charge in [0.05, 0.1) is 47.9 Å². The maximum atomic E-state index is 14.3. The monoisotopic (exact) mass is 913 g/mol. The number of sulfone groups is 1. The summed E-state index contributed by atoms with van der Waals surface area (Å²) in [5, 5.41) is 5.18. The Labute approximate surface area is 380 Å². The second-order valence-electron chi connectivity index (χ2n) is 17.3. The molecule has 0 aromatic heterocycles. The number of carbonyl (C=O) groups excluding carboxylic acids is 6. The van der Waals surface area contributed by atoms with Gasteiger partial charge in [-0.15, -0.1) is 0 Å². The van der Waals surface area contributed by atoms with Crippen LogP contribution in [0, 0.1) is 5.92 Å². The number of piperidine rings is 2. The number of unbranched alkanes of at least 4 members (excludes halogenated alkanes) is 5. The third-order valence-electron chi connectivity index (χ3n) is 12.9. The predicted molar refractivity (Wildman–Crippen MR) is 243 cm³/mol. The Morgan fingerprint density at radius 1 is 0.846 bits per heavy atom. The van der Waals surface area contributed by atoms with Crippen LogP contribution in [0.2, 0.25) is 0 Å². The molecule has 16 nitrogen and oxygen atoms in total. The molecule has 4 aliphatic rings. The van der Waals surface area contributed by atoms with E-state index in [4.69, 9.17) is 14.2 Å². The number of fused-ring (bicyclic) bond motifs is 2. The van der Waals surface area contributed by atoms with E-state index >= 15 is 0 Å². The van der Waals surface area contributed by atoms with Gasteiger partial charge in [-0.05, 0) is 80.5 Å². The van der Waals surface area contributed by atoms with Crippen LogP contribution in [-0.4, -0.2) is 106 Å². The van der Waals surface area contributed by atoms with Crippen LogP contribution in [0.3, 0.4) is 0 Å². The fourth-order valence-corrected chi connectivity index (χ4v) is 10.5. The van der Waals surface area contributed by atoms with E-state index < -0.39 is 57.7 Å². The van der Waals surface area contributed by atoms with Crippen molar-refractivity contribution in [1.82, 2.24) is 15.1 Å². The van der Waals surface area contributed by atoms with Crippen molar-refractivity contribution in [2.24, 2.45) is 5.92 Å². The van der Waals surface area contributed by atoms with Crippen molar-refractivity contribution >= 4 is 56.7 Å². The Balaban J connectivity index is 0.838. The van der Waals surface area contributed by atoms with Crippen molar-refractivity contribution in [2.75, 3.05) is 56.1 Å². The van der Waals surface area contributed by atoms with Gasteiger partial charge in [-0.3, -0.25) is 39.0 Å². The molecule has 3 atom stereocenters. The van der Waals surface area contributed by atoms with Crippen LogP contribution in [0.4, 0.5) is 11.4 Å². The largest absolute Gasteiger partial charge is 0.493 e. The predicted octanol–water partition coefficient (Wildman–Crippen LogP) is 6.36. The van der Waals surface area contributed by atoms with Gasteiger partial charge < -0.3 is 29.3 Å². The van der Waals surface area contributed by atoms with Gasteiger partial charge in [-0.25, -0.2) is 8.42 Å². The van der Waals surface area contributed by atoms with Gasteiger partial charge >= 0.3 is 0 Å². The number of ether oxygens (including phenoxy) is 3. The summed E-state index contributed by atoms with van der Waals surface area (Å²) in [5.41, 5.74) is 3.16. The summed E-state index contributed by atoms with van der Waals surface area (Å²) in [6, 6.07) is 13.6. The molecule has 0 radical (unpaired) electrons. The summed E-state index contributed by atoms with van der Waals surface area (Å²) >= 11 is 0. The highest BCUT2D eigenvalue weighted by Gasteiger charge is 2.46. The Morgan fingerprint density at radius 3 is 2.26 bits per heavy atom. The number of imide groups is 2. The Hall–Kier alpha value is -5.81. The normalized spacial score (nSPS) is 19.3. The number of rotatable bonds is 20. The molecule has 2 unspecified atom stereocenters. The van der Waals surface area contributed by atoms with Gasteiger partial charge in [0.2, 0.25) is 17.7 Å². The van der Waals surface area contributed by atoms with E-state index in [2.05, 4.69) is 15.5 Å². The van der Waals surface area contributed by atoms with E-state index in [1.54, 1.807) is 48.5 Å². The molecule has 4 heterocycles. The van der Waals surface area contributed by atoms with Crippen molar-refractivity contribution in [3.63, 3.8) is 0 Å². The van der Waals surface area contributed by atoms with Gasteiger partial charge in [0.1, 0.15) is 15.9 Å². The van der Waals surface area contributed by atoms with Crippen LogP contribution >= 0.6 is 0 Å². The van der Waals surface area contributed by atoms with E-state index in [1.165, 1.54) is 19.1 Å². The van der Waals surface area contributed by atoms with Crippen LogP contribution < -0.4 is 25.0 Å². The lowest BCUT2D eigenvalue weighted by molar-refractivity contribution is -0.136. The minimum absolute atomic E-state index is 0.0805. The van der Waals surface area contributed by atoms with E-state index in [1.807, 2.05) is 13.0 Å². The molecule has 65 heavy (non-hydrogen) atoms. The summed E-state index contributed by atoms with van der Waals surface area (Å²) in [4.78, 5) is 82.6. The van der Waals surface area contributed by atoms with Crippen molar-refractivity contribution < 1.29 is 51.4 Å². The Bertz CT molecular complexity index is 2430. The third kappa shape index (κ3) is 10.5. The van der Waals surface area contributed by atoms with E-state index in [0.29, 0.717) is 59.2 Å². The summed E-state index contributed by atoms with van der Waals surface area (Å²) in [6.45, 7) is 3.87. The van der Waals surface area contributed by atoms with Crippen molar-refractivity contribution in [2.45, 2.75) is 102 Å². The molecule has 2 saturated heterocycles. The van der Waals surface area contributed by atoms with Gasteiger partial charge in [-0.2, -0.15) is 0 Å². The maximum Gasteiger partial charge on any atom is 0.262 e. The number of methoxy groups -OCH3 is 2. The zero-order valence-corrected chi connectivity index (χ0v) is 38.4. The summed E-state index contributed by atoms with van der Waals surface area (Å²) < 4.78 is 42.6. The third-order valence-corrected chi connectivity index (χ3v) is 13.8. The van der Waals surface area contributed by atoms with E-state index in [-0.39, 0.29) is 35.6 Å². The lowest BCUT2D eigenvalue weighted by Gasteiger charge is -2.34. The fourth-order valence-electron chi connectivity index (χ4n) is 9.62. The summed E-state index contributed by atoms with van der Waals surface area (Å²) in [6.07, 6.45) is 9.84. The first-order valence-corrected chi connectivity index (χ1v) is 24.7. The zero-order chi connectivity index (χ0) is 46.4. The van der Waals surface area contributed by atoms with Crippen LogP contribution in [0.1, 0.15) is 138 Å². The smallest absolute Gasteiger partial charge is 0.262 e. The highest BCUT2D eigenvalue weighted by molar-refractivity contribution is 7.90. The number of nitrogens with one attached hydrogen (secondary N) is 2. The van der Waals surface area contributed by atoms with Gasteiger partial charge in [0.25, 0.3) is 17.7 Å². The molecular weight excluding hydrogens is 855 g/mol. The molecule has 7 rings (SSSR count). The highest BCUT2D eigenvalue weighted by atomic mass is 32.2. The SMILES string of the molecule is CCOc1cc([C@@H](CS(C)(=O)=O)N2C(=O)c3c(NC(=O)CCCCCCCCC4CCN(c5ccc6c(c5)C(=O)N(C5CCC(=O)NC5=O)C6=O)CC4)cccc3C2OC)ccc1OC. The number of hydrogen-bond donors (Lipinski definition) is 2. The number of anilines is 2. The lowest BCUT2D eigenvalue weighted by Crippen LogP contribution is -2.54. The molecule has 2 N–H and O–H groups in total. The topological polar surface area (TPSA) is 198 Å². The standard InChI is InChI=1S/C48H59N5O11S/c1-5-64-40-27-31(17-21-39(40)62-2)38(29-65(4,60)61)53-47(59)43-34(48(53)63-3)14-12-15-36(43)49-41(54)16-11-9-7-6-8-10-13-30-23-25-51(26-24-30)32-18-19-33-35(28-32)46(58)52(45(33)57)37-20-22-42(55)50-44(37)56/h12,14-15,17-19,21,27-28,30,37-38,48H,5-11,13,16,20,22-26,29H2,1-4H3,(H,49,54)(H,50,55,56)/t37?,38-,48?/m1/s1. The molecule has 2 fully saturated rings. The van der Waals surface area contributed by atoms with Crippen LogP contribution in [-0.2, 0) is 29.0 Å². The van der Waals surface area contributed by atoms with Crippen LogP contribution in [0.5, 0.6) is 11.5 Å².